The lowest BCUT2D eigenvalue weighted by molar-refractivity contribution is 0.0654. The number of nitrogens with zero attached hydrogens (tertiary/aromatic N) is 6. The minimum absolute atomic E-state index is 0.198. The van der Waals surface area contributed by atoms with E-state index < -0.39 is 0 Å². The van der Waals surface area contributed by atoms with Crippen molar-refractivity contribution in [3.05, 3.63) is 76.4 Å². The smallest absolute Gasteiger partial charge is 0.259 e. The molecule has 4 aromatic heterocycles. The zero-order valence-electron chi connectivity index (χ0n) is 24.2. The summed E-state index contributed by atoms with van der Waals surface area (Å²) in [7, 11) is 0. The molecule has 3 aliphatic rings. The van der Waals surface area contributed by atoms with Crippen molar-refractivity contribution in [3.8, 4) is 11.1 Å². The van der Waals surface area contributed by atoms with Crippen molar-refractivity contribution in [2.75, 3.05) is 28.7 Å². The molecule has 1 saturated carbocycles. The van der Waals surface area contributed by atoms with E-state index >= 15 is 0 Å². The lowest BCUT2D eigenvalue weighted by Crippen LogP contribution is -2.32. The van der Waals surface area contributed by atoms with Gasteiger partial charge in [-0.1, -0.05) is 12.1 Å². The van der Waals surface area contributed by atoms with Crippen LogP contribution in [-0.4, -0.2) is 49.0 Å². The van der Waals surface area contributed by atoms with E-state index in [2.05, 4.69) is 53.4 Å². The fourth-order valence-electron chi connectivity index (χ4n) is 6.54. The van der Waals surface area contributed by atoms with E-state index in [9.17, 15) is 4.79 Å². The van der Waals surface area contributed by atoms with Gasteiger partial charge in [0, 0.05) is 54.4 Å². The van der Waals surface area contributed by atoms with Crippen molar-refractivity contribution in [2.24, 2.45) is 0 Å². The lowest BCUT2D eigenvalue weighted by atomic mass is 9.96. The van der Waals surface area contributed by atoms with Gasteiger partial charge >= 0.3 is 0 Å². The molecule has 11 nitrogen and oxygen atoms in total. The van der Waals surface area contributed by atoms with Crippen LogP contribution in [0.1, 0.15) is 48.9 Å². The Bertz CT molecular complexity index is 1900. The minimum atomic E-state index is -0.198. The van der Waals surface area contributed by atoms with Crippen LogP contribution < -0.4 is 21.1 Å². The number of anilines is 5. The van der Waals surface area contributed by atoms with Gasteiger partial charge in [-0.05, 0) is 51.7 Å². The number of nitrogens with one attached hydrogen (secondary N) is 3. The monoisotopic (exact) mass is 575 g/mol. The molecule has 0 amide bonds. The standard InChI is InChI=1S/C32H33N9O2/c1-18-14-28(36-19(2)35-18)39-29-15-26(30-24(38-29)8-11-33-32(30)42)37-25-5-3-4-22-23-16-34-41(21-9-12-43-13-10-21)27(23)17-40(31(22)25)20-6-7-20/h3-5,8,11,14-16,20-21H,6-7,9-10,12-13,17H2,1-2H3,(H,33,42)(H2,35,36,37,38,39). The van der Waals surface area contributed by atoms with Gasteiger partial charge in [0.1, 0.15) is 17.5 Å². The van der Waals surface area contributed by atoms with Gasteiger partial charge in [-0.15, -0.1) is 0 Å². The maximum Gasteiger partial charge on any atom is 0.259 e. The zero-order valence-corrected chi connectivity index (χ0v) is 24.2. The van der Waals surface area contributed by atoms with Crippen LogP contribution in [0.25, 0.3) is 22.0 Å². The van der Waals surface area contributed by atoms with Crippen LogP contribution in [0.3, 0.4) is 0 Å². The van der Waals surface area contributed by atoms with Crippen molar-refractivity contribution in [1.29, 1.82) is 0 Å². The molecule has 3 N–H and O–H groups in total. The van der Waals surface area contributed by atoms with Crippen molar-refractivity contribution in [2.45, 2.75) is 58.2 Å². The van der Waals surface area contributed by atoms with Gasteiger partial charge < -0.3 is 25.3 Å². The largest absolute Gasteiger partial charge is 0.381 e. The van der Waals surface area contributed by atoms with Gasteiger partial charge in [-0.3, -0.25) is 9.48 Å². The third kappa shape index (κ3) is 4.69. The van der Waals surface area contributed by atoms with Crippen molar-refractivity contribution in [1.82, 2.24) is 29.7 Å². The Labute approximate surface area is 248 Å². The van der Waals surface area contributed by atoms with Crippen LogP contribution in [0.4, 0.5) is 28.7 Å². The van der Waals surface area contributed by atoms with Gasteiger partial charge in [0.05, 0.1) is 52.4 Å². The van der Waals surface area contributed by atoms with Gasteiger partial charge in [0.15, 0.2) is 0 Å². The van der Waals surface area contributed by atoms with E-state index in [4.69, 9.17) is 14.8 Å². The number of fused-ring (bicyclic) bond motifs is 4. The van der Waals surface area contributed by atoms with Crippen LogP contribution in [-0.2, 0) is 11.3 Å². The molecule has 0 bridgehead atoms. The fraction of sp³-hybridized carbons (Fsp3) is 0.344. The van der Waals surface area contributed by atoms with Crippen LogP contribution in [0.2, 0.25) is 0 Å². The molecule has 1 aliphatic carbocycles. The van der Waals surface area contributed by atoms with E-state index in [0.29, 0.717) is 46.1 Å². The number of ether oxygens (including phenoxy) is 1. The van der Waals surface area contributed by atoms with Gasteiger partial charge in [0.2, 0.25) is 0 Å². The summed E-state index contributed by atoms with van der Waals surface area (Å²) in [4.78, 5) is 32.1. The minimum Gasteiger partial charge on any atom is -0.381 e. The highest BCUT2D eigenvalue weighted by molar-refractivity contribution is 5.98. The summed E-state index contributed by atoms with van der Waals surface area (Å²) in [6.45, 7) is 6.16. The fourth-order valence-corrected chi connectivity index (χ4v) is 6.54. The Morgan fingerprint density at radius 1 is 0.907 bits per heavy atom. The Morgan fingerprint density at radius 3 is 2.56 bits per heavy atom. The molecular weight excluding hydrogens is 542 g/mol. The van der Waals surface area contributed by atoms with E-state index in [1.807, 2.05) is 38.2 Å². The Kier molecular flexibility index (Phi) is 6.14. The number of H-pyrrole nitrogens is 1. The van der Waals surface area contributed by atoms with E-state index in [0.717, 1.165) is 68.1 Å². The Hall–Kier alpha value is -4.77. The summed E-state index contributed by atoms with van der Waals surface area (Å²) in [5, 5.41) is 12.4. The number of aryl methyl sites for hydroxylation is 2. The van der Waals surface area contributed by atoms with Crippen LogP contribution in [0.15, 0.2) is 53.6 Å². The third-order valence-electron chi connectivity index (χ3n) is 8.58. The first kappa shape index (κ1) is 25.9. The molecule has 1 aromatic carbocycles. The molecule has 0 atom stereocenters. The molecule has 43 heavy (non-hydrogen) atoms. The molecule has 6 heterocycles. The predicted octanol–water partition coefficient (Wildman–Crippen LogP) is 5.51. The second kappa shape index (κ2) is 10.2. The second-order valence-electron chi connectivity index (χ2n) is 11.7. The topological polar surface area (TPSA) is 126 Å². The van der Waals surface area contributed by atoms with E-state index in [1.165, 1.54) is 11.3 Å². The van der Waals surface area contributed by atoms with Crippen molar-refractivity contribution in [3.63, 3.8) is 0 Å². The summed E-state index contributed by atoms with van der Waals surface area (Å²) in [5.74, 6) is 1.91. The number of rotatable bonds is 6. The van der Waals surface area contributed by atoms with Crippen LogP contribution in [0, 0.1) is 13.8 Å². The molecule has 2 fully saturated rings. The lowest BCUT2D eigenvalue weighted by Gasteiger charge is -2.35. The number of hydrogen-bond acceptors (Lipinski definition) is 9. The predicted molar refractivity (Wildman–Crippen MR) is 166 cm³/mol. The summed E-state index contributed by atoms with van der Waals surface area (Å²) in [6.07, 6.45) is 7.95. The first-order valence-electron chi connectivity index (χ1n) is 14.9. The highest BCUT2D eigenvalue weighted by Crippen LogP contribution is 2.49. The summed E-state index contributed by atoms with van der Waals surface area (Å²) < 4.78 is 7.88. The van der Waals surface area contributed by atoms with Crippen LogP contribution >= 0.6 is 0 Å². The molecule has 218 valence electrons. The Morgan fingerprint density at radius 2 is 1.74 bits per heavy atom. The summed E-state index contributed by atoms with van der Waals surface area (Å²) >= 11 is 0. The maximum absolute atomic E-state index is 13.1. The molecular formula is C32H33N9O2. The van der Waals surface area contributed by atoms with Gasteiger partial charge in [-0.2, -0.15) is 5.10 Å². The highest BCUT2D eigenvalue weighted by Gasteiger charge is 2.38. The second-order valence-corrected chi connectivity index (χ2v) is 11.7. The molecule has 0 unspecified atom stereocenters. The van der Waals surface area contributed by atoms with Crippen LogP contribution in [0.5, 0.6) is 0 Å². The molecule has 2 aliphatic heterocycles. The molecule has 1 saturated heterocycles. The van der Waals surface area contributed by atoms with Crippen molar-refractivity contribution < 1.29 is 4.74 Å². The third-order valence-corrected chi connectivity index (χ3v) is 8.58. The quantitative estimate of drug-likeness (QED) is 0.240. The van der Waals surface area contributed by atoms with Crippen molar-refractivity contribution >= 4 is 39.6 Å². The number of hydrogen-bond donors (Lipinski definition) is 3. The normalized spacial score (nSPS) is 16.7. The number of pyridine rings is 2. The summed E-state index contributed by atoms with van der Waals surface area (Å²) in [6, 6.07) is 12.8. The van der Waals surface area contributed by atoms with Gasteiger partial charge in [-0.25, -0.2) is 15.0 Å². The molecule has 5 aromatic rings. The number of aromatic amines is 1. The Balaban J connectivity index is 1.23. The number of benzene rings is 1. The SMILES string of the molecule is Cc1cc(Nc2cc(Nc3cccc4c3N(C3CC3)Cc3c-4cnn3C3CCOCC3)c3c(=O)[nH]ccc3n2)nc(C)n1. The molecule has 8 rings (SSSR count). The maximum atomic E-state index is 13.1. The van der Waals surface area contributed by atoms with Gasteiger partial charge in [0.25, 0.3) is 5.56 Å². The average molecular weight is 576 g/mol. The van der Waals surface area contributed by atoms with E-state index in [-0.39, 0.29) is 5.56 Å². The first-order chi connectivity index (χ1) is 21.0. The van der Waals surface area contributed by atoms with E-state index in [1.54, 1.807) is 6.20 Å². The number of para-hydroxylation sites is 1. The number of aromatic nitrogens is 6. The molecule has 11 heteroatoms. The first-order valence-corrected chi connectivity index (χ1v) is 14.9. The molecule has 0 radical (unpaired) electrons. The molecule has 0 spiro atoms. The zero-order chi connectivity index (χ0) is 29.1. The summed E-state index contributed by atoms with van der Waals surface area (Å²) in [5.41, 5.74) is 7.63. The highest BCUT2D eigenvalue weighted by atomic mass is 16.5. The average Bonchev–Trinajstić information content (AvgIpc) is 3.75.